The number of amides is 2. The molecule has 4 heteroatoms. The van der Waals surface area contributed by atoms with Crippen LogP contribution in [0.2, 0.25) is 0 Å². The fourth-order valence-electron chi connectivity index (χ4n) is 1.77. The Kier molecular flexibility index (Phi) is 5.03. The standard InChI is InChI=1S/C16H20N2O2/c1-18(16(20)17-15-9-10-15)12-14-7-5-13(6-8-14)4-2-3-11-19/h5-8,15,19H,3,9-12H2,1H3,(H,17,20). The van der Waals surface area contributed by atoms with Gasteiger partial charge in [0, 0.05) is 31.6 Å². The van der Waals surface area contributed by atoms with Crippen LogP contribution in [0, 0.1) is 11.8 Å². The van der Waals surface area contributed by atoms with Crippen molar-refractivity contribution in [2.45, 2.75) is 31.8 Å². The third-order valence-corrected chi connectivity index (χ3v) is 3.09. The number of hydrogen-bond acceptors (Lipinski definition) is 2. The number of benzene rings is 1. The third-order valence-electron chi connectivity index (χ3n) is 3.09. The van der Waals surface area contributed by atoms with E-state index in [0.717, 1.165) is 24.0 Å². The lowest BCUT2D eigenvalue weighted by Crippen LogP contribution is -2.37. The summed E-state index contributed by atoms with van der Waals surface area (Å²) in [4.78, 5) is 13.5. The molecule has 1 fully saturated rings. The minimum Gasteiger partial charge on any atom is -0.395 e. The van der Waals surface area contributed by atoms with Crippen LogP contribution >= 0.6 is 0 Å². The van der Waals surface area contributed by atoms with E-state index in [2.05, 4.69) is 17.2 Å². The van der Waals surface area contributed by atoms with E-state index in [1.807, 2.05) is 24.3 Å². The van der Waals surface area contributed by atoms with E-state index >= 15 is 0 Å². The summed E-state index contributed by atoms with van der Waals surface area (Å²) in [6, 6.07) is 8.19. The lowest BCUT2D eigenvalue weighted by atomic mass is 10.1. The van der Waals surface area contributed by atoms with E-state index in [0.29, 0.717) is 19.0 Å². The van der Waals surface area contributed by atoms with Gasteiger partial charge in [0.25, 0.3) is 0 Å². The number of aliphatic hydroxyl groups is 1. The highest BCUT2D eigenvalue weighted by Crippen LogP contribution is 2.19. The zero-order valence-electron chi connectivity index (χ0n) is 11.7. The topological polar surface area (TPSA) is 52.6 Å². The molecule has 1 aliphatic carbocycles. The van der Waals surface area contributed by atoms with Crippen molar-refractivity contribution >= 4 is 6.03 Å². The number of urea groups is 1. The van der Waals surface area contributed by atoms with Crippen molar-refractivity contribution in [3.8, 4) is 11.8 Å². The van der Waals surface area contributed by atoms with Crippen molar-refractivity contribution in [3.63, 3.8) is 0 Å². The average molecular weight is 272 g/mol. The molecule has 2 rings (SSSR count). The summed E-state index contributed by atoms with van der Waals surface area (Å²) in [6.45, 7) is 0.675. The molecule has 0 aliphatic heterocycles. The molecule has 2 N–H and O–H groups in total. The Bertz CT molecular complexity index is 510. The minimum absolute atomic E-state index is 0.0145. The maximum atomic E-state index is 11.8. The van der Waals surface area contributed by atoms with Crippen molar-refractivity contribution in [1.82, 2.24) is 10.2 Å². The first-order valence-corrected chi connectivity index (χ1v) is 6.89. The van der Waals surface area contributed by atoms with Gasteiger partial charge in [-0.15, -0.1) is 0 Å². The summed E-state index contributed by atoms with van der Waals surface area (Å²) in [6.07, 6.45) is 2.69. The fourth-order valence-corrected chi connectivity index (χ4v) is 1.77. The predicted molar refractivity (Wildman–Crippen MR) is 78.0 cm³/mol. The van der Waals surface area contributed by atoms with E-state index < -0.39 is 0 Å². The molecule has 0 saturated heterocycles. The number of aliphatic hydroxyl groups excluding tert-OH is 1. The molecule has 0 aromatic heterocycles. The largest absolute Gasteiger partial charge is 0.395 e. The van der Waals surface area contributed by atoms with Crippen molar-refractivity contribution < 1.29 is 9.90 Å². The van der Waals surface area contributed by atoms with Gasteiger partial charge in [0.2, 0.25) is 0 Å². The number of carbonyl (C=O) groups is 1. The number of nitrogens with zero attached hydrogens (tertiary/aromatic N) is 1. The van der Waals surface area contributed by atoms with Crippen LogP contribution in [0.5, 0.6) is 0 Å². The molecule has 1 saturated carbocycles. The van der Waals surface area contributed by atoms with Gasteiger partial charge >= 0.3 is 6.03 Å². The highest BCUT2D eigenvalue weighted by atomic mass is 16.2. The molecule has 0 spiro atoms. The summed E-state index contributed by atoms with van der Waals surface area (Å²) < 4.78 is 0. The van der Waals surface area contributed by atoms with E-state index in [4.69, 9.17) is 5.11 Å². The second-order valence-electron chi connectivity index (χ2n) is 5.05. The fraction of sp³-hybridized carbons (Fsp3) is 0.438. The van der Waals surface area contributed by atoms with Crippen molar-refractivity contribution in [2.24, 2.45) is 0 Å². The second kappa shape index (κ2) is 6.97. The normalized spacial score (nSPS) is 13.3. The van der Waals surface area contributed by atoms with Gasteiger partial charge in [-0.05, 0) is 30.5 Å². The Hall–Kier alpha value is -1.99. The smallest absolute Gasteiger partial charge is 0.317 e. The first-order chi connectivity index (χ1) is 9.69. The maximum Gasteiger partial charge on any atom is 0.317 e. The van der Waals surface area contributed by atoms with E-state index in [-0.39, 0.29) is 12.6 Å². The highest BCUT2D eigenvalue weighted by molar-refractivity contribution is 5.74. The molecule has 0 unspecified atom stereocenters. The first kappa shape index (κ1) is 14.4. The molecule has 1 aromatic rings. The van der Waals surface area contributed by atoms with Crippen molar-refractivity contribution in [2.75, 3.05) is 13.7 Å². The molecule has 0 bridgehead atoms. The van der Waals surface area contributed by atoms with Crippen LogP contribution in [0.25, 0.3) is 0 Å². The molecular formula is C16H20N2O2. The Morgan fingerprint density at radius 2 is 2.10 bits per heavy atom. The van der Waals surface area contributed by atoms with Crippen LogP contribution in [0.15, 0.2) is 24.3 Å². The molecule has 0 heterocycles. The molecule has 4 nitrogen and oxygen atoms in total. The monoisotopic (exact) mass is 272 g/mol. The van der Waals surface area contributed by atoms with Crippen LogP contribution in [0.3, 0.4) is 0 Å². The zero-order valence-corrected chi connectivity index (χ0v) is 11.7. The molecule has 106 valence electrons. The Balaban J connectivity index is 1.86. The quantitative estimate of drug-likeness (QED) is 0.820. The summed E-state index contributed by atoms with van der Waals surface area (Å²) >= 11 is 0. The summed E-state index contributed by atoms with van der Waals surface area (Å²) in [5.41, 5.74) is 2.00. The molecule has 20 heavy (non-hydrogen) atoms. The van der Waals surface area contributed by atoms with Gasteiger partial charge in [-0.3, -0.25) is 0 Å². The van der Waals surface area contributed by atoms with Gasteiger partial charge in [0.05, 0.1) is 6.61 Å². The Morgan fingerprint density at radius 3 is 2.70 bits per heavy atom. The van der Waals surface area contributed by atoms with Crippen LogP contribution in [-0.4, -0.2) is 35.7 Å². The van der Waals surface area contributed by atoms with Crippen LogP contribution in [0.1, 0.15) is 30.4 Å². The van der Waals surface area contributed by atoms with Gasteiger partial charge in [0.15, 0.2) is 0 Å². The SMILES string of the molecule is CN(Cc1ccc(C#CCCO)cc1)C(=O)NC1CC1. The number of carbonyl (C=O) groups excluding carboxylic acids is 1. The summed E-state index contributed by atoms with van der Waals surface area (Å²) in [7, 11) is 1.80. The van der Waals surface area contributed by atoms with Crippen LogP contribution < -0.4 is 5.32 Å². The molecule has 1 aromatic carbocycles. The summed E-state index contributed by atoms with van der Waals surface area (Å²) in [5.74, 6) is 5.86. The van der Waals surface area contributed by atoms with Gasteiger partial charge in [-0.1, -0.05) is 24.0 Å². The zero-order chi connectivity index (χ0) is 14.4. The lowest BCUT2D eigenvalue weighted by molar-refractivity contribution is 0.206. The number of rotatable bonds is 4. The van der Waals surface area contributed by atoms with Gasteiger partial charge < -0.3 is 15.3 Å². The van der Waals surface area contributed by atoms with Crippen molar-refractivity contribution in [3.05, 3.63) is 35.4 Å². The molecule has 0 radical (unpaired) electrons. The average Bonchev–Trinajstić information content (AvgIpc) is 3.25. The number of hydrogen-bond donors (Lipinski definition) is 2. The maximum absolute atomic E-state index is 11.8. The Morgan fingerprint density at radius 1 is 1.40 bits per heavy atom. The first-order valence-electron chi connectivity index (χ1n) is 6.89. The lowest BCUT2D eigenvalue weighted by Gasteiger charge is -2.17. The minimum atomic E-state index is -0.0145. The third kappa shape index (κ3) is 4.60. The van der Waals surface area contributed by atoms with Gasteiger partial charge in [-0.2, -0.15) is 0 Å². The van der Waals surface area contributed by atoms with Gasteiger partial charge in [-0.25, -0.2) is 4.79 Å². The van der Waals surface area contributed by atoms with E-state index in [1.165, 1.54) is 0 Å². The second-order valence-corrected chi connectivity index (χ2v) is 5.05. The highest BCUT2D eigenvalue weighted by Gasteiger charge is 2.24. The molecular weight excluding hydrogens is 252 g/mol. The van der Waals surface area contributed by atoms with E-state index in [1.54, 1.807) is 11.9 Å². The van der Waals surface area contributed by atoms with Crippen molar-refractivity contribution in [1.29, 1.82) is 0 Å². The number of nitrogens with one attached hydrogen (secondary N) is 1. The summed E-state index contributed by atoms with van der Waals surface area (Å²) in [5, 5.41) is 11.6. The molecule has 0 atom stereocenters. The molecule has 2 amide bonds. The van der Waals surface area contributed by atoms with Gasteiger partial charge in [0.1, 0.15) is 0 Å². The molecule has 1 aliphatic rings. The predicted octanol–water partition coefficient (Wildman–Crippen LogP) is 1.72. The van der Waals surface area contributed by atoms with Crippen LogP contribution in [0.4, 0.5) is 4.79 Å². The van der Waals surface area contributed by atoms with Crippen LogP contribution in [-0.2, 0) is 6.54 Å². The van der Waals surface area contributed by atoms with E-state index in [9.17, 15) is 4.79 Å². The Labute approximate surface area is 119 Å².